The second-order valence-corrected chi connectivity index (χ2v) is 4.64. The molecule has 0 aliphatic rings. The van der Waals surface area contributed by atoms with Crippen LogP contribution in [0.5, 0.6) is 0 Å². The summed E-state index contributed by atoms with van der Waals surface area (Å²) in [6.07, 6.45) is 3.70. The molecule has 0 radical (unpaired) electrons. The zero-order valence-electron chi connectivity index (χ0n) is 11.2. The molecule has 3 heteroatoms. The summed E-state index contributed by atoms with van der Waals surface area (Å²) < 4.78 is 0. The van der Waals surface area contributed by atoms with Crippen molar-refractivity contribution in [3.63, 3.8) is 0 Å². The molecular weight excluding hydrogens is 262 g/mol. The van der Waals surface area contributed by atoms with Gasteiger partial charge in [-0.1, -0.05) is 54.6 Å². The Labute approximate surface area is 122 Å². The summed E-state index contributed by atoms with van der Waals surface area (Å²) in [6.45, 7) is 0. The van der Waals surface area contributed by atoms with Gasteiger partial charge in [0.2, 0.25) is 0 Å². The number of carboxylic acid groups (broad SMARTS) is 1. The molecule has 0 aliphatic carbocycles. The number of hydrogen-bond donors (Lipinski definition) is 0. The van der Waals surface area contributed by atoms with Crippen molar-refractivity contribution >= 4 is 29.0 Å². The average molecular weight is 274 g/mol. The Morgan fingerprint density at radius 2 is 1.67 bits per heavy atom. The topological polar surface area (TPSA) is 53.0 Å². The maximum atomic E-state index is 11.3. The molecule has 1 aromatic heterocycles. The number of pyridine rings is 1. The number of carbonyl (C=O) groups is 1. The van der Waals surface area contributed by atoms with E-state index in [1.807, 2.05) is 42.5 Å². The summed E-state index contributed by atoms with van der Waals surface area (Å²) in [5.41, 5.74) is 2.43. The number of benzene rings is 2. The summed E-state index contributed by atoms with van der Waals surface area (Å²) in [6, 6.07) is 18.5. The van der Waals surface area contributed by atoms with E-state index in [0.29, 0.717) is 16.6 Å². The van der Waals surface area contributed by atoms with E-state index in [0.717, 1.165) is 5.56 Å². The monoisotopic (exact) mass is 274 g/mol. The quantitative estimate of drug-likeness (QED) is 0.738. The first-order valence-corrected chi connectivity index (χ1v) is 6.58. The van der Waals surface area contributed by atoms with Crippen LogP contribution in [-0.2, 0) is 0 Å². The number of carboxylic acids is 1. The van der Waals surface area contributed by atoms with Crippen molar-refractivity contribution in [2.75, 3.05) is 0 Å². The lowest BCUT2D eigenvalue weighted by Gasteiger charge is -2.08. The van der Waals surface area contributed by atoms with Crippen LogP contribution in [0.4, 0.5) is 0 Å². The van der Waals surface area contributed by atoms with Crippen molar-refractivity contribution in [1.29, 1.82) is 0 Å². The van der Waals surface area contributed by atoms with Crippen molar-refractivity contribution < 1.29 is 9.90 Å². The van der Waals surface area contributed by atoms with Gasteiger partial charge in [0.15, 0.2) is 0 Å². The summed E-state index contributed by atoms with van der Waals surface area (Å²) in [5.74, 6) is -1.19. The highest BCUT2D eigenvalue weighted by Gasteiger charge is 2.04. The van der Waals surface area contributed by atoms with E-state index >= 15 is 0 Å². The van der Waals surface area contributed by atoms with Crippen LogP contribution in [-0.4, -0.2) is 11.0 Å². The van der Waals surface area contributed by atoms with Gasteiger partial charge >= 0.3 is 0 Å². The van der Waals surface area contributed by atoms with Crippen molar-refractivity contribution in [2.45, 2.75) is 0 Å². The maximum Gasteiger partial charge on any atom is 0.0722 e. The van der Waals surface area contributed by atoms with Gasteiger partial charge in [-0.05, 0) is 23.8 Å². The van der Waals surface area contributed by atoms with Gasteiger partial charge in [0.05, 0.1) is 17.2 Å². The highest BCUT2D eigenvalue weighted by atomic mass is 16.4. The molecule has 0 aliphatic heterocycles. The highest BCUT2D eigenvalue weighted by molar-refractivity contribution is 6.02. The Hall–Kier alpha value is -2.94. The summed E-state index contributed by atoms with van der Waals surface area (Å²) in [7, 11) is 0. The Bertz CT molecular complexity index is 823. The van der Waals surface area contributed by atoms with Crippen LogP contribution in [0.15, 0.2) is 60.7 Å². The van der Waals surface area contributed by atoms with Crippen LogP contribution in [0.1, 0.15) is 21.6 Å². The van der Waals surface area contributed by atoms with E-state index in [1.165, 1.54) is 6.07 Å². The van der Waals surface area contributed by atoms with Gasteiger partial charge in [-0.25, -0.2) is 4.98 Å². The number of para-hydroxylation sites is 1. The van der Waals surface area contributed by atoms with Gasteiger partial charge in [0.1, 0.15) is 0 Å². The first-order valence-electron chi connectivity index (χ1n) is 6.58. The third kappa shape index (κ3) is 2.82. The standard InChI is InChI=1S/C18H13NO2/c20-18(21)16-12-14(11-10-13-6-2-1-3-7-13)19-17-9-5-4-8-15(16)17/h1-12H,(H,20,21)/p-1/b11-10+. The lowest BCUT2D eigenvalue weighted by molar-refractivity contribution is -0.254. The lowest BCUT2D eigenvalue weighted by Crippen LogP contribution is -2.22. The van der Waals surface area contributed by atoms with Crippen LogP contribution in [0.25, 0.3) is 23.1 Å². The Morgan fingerprint density at radius 3 is 2.43 bits per heavy atom. The fraction of sp³-hybridized carbons (Fsp3) is 0. The number of carbonyl (C=O) groups excluding carboxylic acids is 1. The van der Waals surface area contributed by atoms with E-state index in [9.17, 15) is 9.90 Å². The van der Waals surface area contributed by atoms with Crippen LogP contribution in [0.2, 0.25) is 0 Å². The normalized spacial score (nSPS) is 11.0. The van der Waals surface area contributed by atoms with E-state index < -0.39 is 5.97 Å². The zero-order valence-corrected chi connectivity index (χ0v) is 11.2. The van der Waals surface area contributed by atoms with Gasteiger partial charge in [0.25, 0.3) is 0 Å². The molecule has 21 heavy (non-hydrogen) atoms. The fourth-order valence-electron chi connectivity index (χ4n) is 2.20. The second-order valence-electron chi connectivity index (χ2n) is 4.64. The predicted octanol–water partition coefficient (Wildman–Crippen LogP) is 2.77. The molecule has 0 spiro atoms. The summed E-state index contributed by atoms with van der Waals surface area (Å²) in [4.78, 5) is 15.7. The average Bonchev–Trinajstić information content (AvgIpc) is 2.53. The van der Waals surface area contributed by atoms with Gasteiger partial charge in [-0.15, -0.1) is 0 Å². The molecule has 1 heterocycles. The van der Waals surface area contributed by atoms with Crippen LogP contribution in [0.3, 0.4) is 0 Å². The lowest BCUT2D eigenvalue weighted by atomic mass is 10.1. The summed E-state index contributed by atoms with van der Waals surface area (Å²) in [5, 5.41) is 11.9. The van der Waals surface area contributed by atoms with Crippen LogP contribution in [0, 0.1) is 0 Å². The first-order chi connectivity index (χ1) is 10.2. The molecule has 3 aromatic rings. The Kier molecular flexibility index (Phi) is 3.48. The number of aromatic carboxylic acids is 1. The SMILES string of the molecule is O=C([O-])c1cc(/C=C/c2ccccc2)nc2ccccc12. The molecule has 0 atom stereocenters. The molecule has 3 rings (SSSR count). The molecular formula is C18H12NO2-. The van der Waals surface area contributed by atoms with E-state index in [4.69, 9.17) is 0 Å². The third-order valence-corrected chi connectivity index (χ3v) is 3.20. The van der Waals surface area contributed by atoms with Gasteiger partial charge in [0, 0.05) is 10.9 Å². The number of hydrogen-bond acceptors (Lipinski definition) is 3. The van der Waals surface area contributed by atoms with E-state index in [2.05, 4.69) is 4.98 Å². The van der Waals surface area contributed by atoms with Crippen molar-refractivity contribution in [3.8, 4) is 0 Å². The van der Waals surface area contributed by atoms with Crippen molar-refractivity contribution in [3.05, 3.63) is 77.5 Å². The van der Waals surface area contributed by atoms with E-state index in [1.54, 1.807) is 24.3 Å². The largest absolute Gasteiger partial charge is 0.545 e. The summed E-state index contributed by atoms with van der Waals surface area (Å²) >= 11 is 0. The Balaban J connectivity index is 2.07. The molecule has 0 N–H and O–H groups in total. The molecule has 2 aromatic carbocycles. The molecule has 102 valence electrons. The molecule has 0 unspecified atom stereocenters. The predicted molar refractivity (Wildman–Crippen MR) is 81.4 cm³/mol. The van der Waals surface area contributed by atoms with Crippen molar-refractivity contribution in [2.24, 2.45) is 0 Å². The molecule has 0 saturated carbocycles. The van der Waals surface area contributed by atoms with Gasteiger partial charge in [-0.2, -0.15) is 0 Å². The number of fused-ring (bicyclic) bond motifs is 1. The number of rotatable bonds is 3. The van der Waals surface area contributed by atoms with Crippen LogP contribution >= 0.6 is 0 Å². The second kappa shape index (κ2) is 5.59. The minimum Gasteiger partial charge on any atom is -0.545 e. The van der Waals surface area contributed by atoms with Crippen molar-refractivity contribution in [1.82, 2.24) is 4.98 Å². The molecule has 0 amide bonds. The minimum atomic E-state index is -1.19. The molecule has 3 nitrogen and oxygen atoms in total. The van der Waals surface area contributed by atoms with Crippen LogP contribution < -0.4 is 5.11 Å². The zero-order chi connectivity index (χ0) is 14.7. The molecule has 0 bridgehead atoms. The smallest absolute Gasteiger partial charge is 0.0722 e. The molecule has 0 fully saturated rings. The first kappa shape index (κ1) is 13.1. The molecule has 0 saturated heterocycles. The third-order valence-electron chi connectivity index (χ3n) is 3.20. The van der Waals surface area contributed by atoms with Gasteiger partial charge in [-0.3, -0.25) is 0 Å². The number of nitrogens with zero attached hydrogens (tertiary/aromatic N) is 1. The fourth-order valence-corrected chi connectivity index (χ4v) is 2.20. The van der Waals surface area contributed by atoms with E-state index in [-0.39, 0.29) is 5.56 Å². The van der Waals surface area contributed by atoms with Gasteiger partial charge < -0.3 is 9.90 Å². The highest BCUT2D eigenvalue weighted by Crippen LogP contribution is 2.19. The minimum absolute atomic E-state index is 0.160. The maximum absolute atomic E-state index is 11.3. The number of aromatic nitrogens is 1. The Morgan fingerprint density at radius 1 is 0.952 bits per heavy atom.